The fourth-order valence-electron chi connectivity index (χ4n) is 3.70. The lowest BCUT2D eigenvalue weighted by molar-refractivity contribution is -0.131. The molecule has 0 saturated carbocycles. The van der Waals surface area contributed by atoms with E-state index < -0.39 is 5.97 Å². The molecule has 2 aromatic carbocycles. The summed E-state index contributed by atoms with van der Waals surface area (Å²) in [5, 5.41) is 0.625. The molecular weight excluding hydrogens is 356 g/mol. The van der Waals surface area contributed by atoms with E-state index in [1.54, 1.807) is 42.5 Å². The van der Waals surface area contributed by atoms with Crippen molar-refractivity contribution in [3.63, 3.8) is 0 Å². The lowest BCUT2D eigenvalue weighted by Crippen LogP contribution is -2.25. The first-order valence-electron chi connectivity index (χ1n) is 9.06. The summed E-state index contributed by atoms with van der Waals surface area (Å²) in [5.41, 5.74) is 2.39. The number of nitrogens with zero attached hydrogens (tertiary/aromatic N) is 2. The maximum Gasteiger partial charge on any atom is 0.308 e. The molecule has 1 aromatic heterocycles. The average molecular weight is 376 g/mol. The van der Waals surface area contributed by atoms with Gasteiger partial charge in [0.2, 0.25) is 5.78 Å². The van der Waals surface area contributed by atoms with Gasteiger partial charge in [-0.3, -0.25) is 14.4 Å². The second kappa shape index (κ2) is 6.73. The first kappa shape index (κ1) is 18.1. The van der Waals surface area contributed by atoms with Crippen LogP contribution in [0.15, 0.2) is 42.5 Å². The van der Waals surface area contributed by atoms with E-state index in [2.05, 4.69) is 0 Å². The van der Waals surface area contributed by atoms with Crippen LogP contribution in [0.3, 0.4) is 0 Å². The van der Waals surface area contributed by atoms with Crippen molar-refractivity contribution in [1.29, 1.82) is 0 Å². The Morgan fingerprint density at radius 1 is 1.04 bits per heavy atom. The highest BCUT2D eigenvalue weighted by atomic mass is 16.5. The van der Waals surface area contributed by atoms with Crippen LogP contribution in [-0.2, 0) is 11.3 Å². The molecule has 0 fully saturated rings. The second-order valence-electron chi connectivity index (χ2n) is 7.15. The topological polar surface area (TPSA) is 68.6 Å². The third kappa shape index (κ3) is 2.82. The van der Waals surface area contributed by atoms with Gasteiger partial charge in [-0.05, 0) is 32.3 Å². The zero-order valence-electron chi connectivity index (χ0n) is 16.0. The van der Waals surface area contributed by atoms with E-state index in [4.69, 9.17) is 4.74 Å². The summed E-state index contributed by atoms with van der Waals surface area (Å²) in [6.45, 7) is 2.60. The van der Waals surface area contributed by atoms with Gasteiger partial charge in [-0.15, -0.1) is 0 Å². The molecule has 0 N–H and O–H groups in total. The maximum absolute atomic E-state index is 13.3. The van der Waals surface area contributed by atoms with Crippen LogP contribution < -0.4 is 4.74 Å². The van der Waals surface area contributed by atoms with E-state index in [0.717, 1.165) is 5.52 Å². The van der Waals surface area contributed by atoms with Crippen molar-refractivity contribution in [3.8, 4) is 5.75 Å². The zero-order valence-corrected chi connectivity index (χ0v) is 16.0. The monoisotopic (exact) mass is 376 g/mol. The second-order valence-corrected chi connectivity index (χ2v) is 7.15. The van der Waals surface area contributed by atoms with Gasteiger partial charge in [0.15, 0.2) is 5.78 Å². The van der Waals surface area contributed by atoms with Crippen LogP contribution in [0.5, 0.6) is 5.75 Å². The van der Waals surface area contributed by atoms with Gasteiger partial charge in [0.25, 0.3) is 0 Å². The van der Waals surface area contributed by atoms with Gasteiger partial charge in [0.05, 0.1) is 5.56 Å². The Bertz CT molecular complexity index is 1140. The number of aromatic nitrogens is 1. The number of ketones is 2. The number of benzene rings is 2. The van der Waals surface area contributed by atoms with E-state index in [1.807, 2.05) is 23.6 Å². The molecule has 0 bridgehead atoms. The molecule has 0 saturated heterocycles. The van der Waals surface area contributed by atoms with Gasteiger partial charge in [-0.25, -0.2) is 0 Å². The van der Waals surface area contributed by atoms with E-state index in [1.165, 1.54) is 6.92 Å². The molecule has 0 unspecified atom stereocenters. The van der Waals surface area contributed by atoms with E-state index in [-0.39, 0.29) is 11.6 Å². The van der Waals surface area contributed by atoms with E-state index in [0.29, 0.717) is 46.6 Å². The molecule has 1 aliphatic rings. The van der Waals surface area contributed by atoms with Gasteiger partial charge in [-0.1, -0.05) is 24.3 Å². The third-order valence-corrected chi connectivity index (χ3v) is 4.93. The van der Waals surface area contributed by atoms with Gasteiger partial charge in [-0.2, -0.15) is 0 Å². The van der Waals surface area contributed by atoms with Crippen LogP contribution in [0, 0.1) is 0 Å². The molecule has 0 spiro atoms. The number of carbonyl (C=O) groups excluding carboxylic acids is 3. The fraction of sp³-hybridized carbons (Fsp3) is 0.227. The number of ether oxygens (including phenoxy) is 1. The number of carbonyl (C=O) groups is 3. The maximum atomic E-state index is 13.3. The van der Waals surface area contributed by atoms with Crippen LogP contribution >= 0.6 is 0 Å². The minimum Gasteiger partial charge on any atom is -0.427 e. The molecule has 142 valence electrons. The lowest BCUT2D eigenvalue weighted by Gasteiger charge is -2.18. The van der Waals surface area contributed by atoms with Crippen molar-refractivity contribution in [2.24, 2.45) is 0 Å². The molecule has 4 rings (SSSR count). The van der Waals surface area contributed by atoms with Crippen molar-refractivity contribution in [2.75, 3.05) is 20.6 Å². The van der Waals surface area contributed by atoms with Crippen molar-refractivity contribution >= 4 is 28.4 Å². The smallest absolute Gasteiger partial charge is 0.308 e. The molecule has 6 nitrogen and oxygen atoms in total. The Labute approximate surface area is 162 Å². The molecule has 0 aliphatic heterocycles. The number of fused-ring (bicyclic) bond motifs is 4. The first-order chi connectivity index (χ1) is 13.4. The highest BCUT2D eigenvalue weighted by Crippen LogP contribution is 2.36. The number of esters is 1. The third-order valence-electron chi connectivity index (χ3n) is 4.93. The van der Waals surface area contributed by atoms with Crippen LogP contribution in [0.2, 0.25) is 0 Å². The lowest BCUT2D eigenvalue weighted by atomic mass is 9.87. The SMILES string of the molecule is CC(=O)Oc1ccc2c(c1)c1c(n2CCN(C)C)C(=O)c2ccccc2C1=O. The molecule has 0 atom stereocenters. The largest absolute Gasteiger partial charge is 0.427 e. The average Bonchev–Trinajstić information content (AvgIpc) is 2.98. The summed E-state index contributed by atoms with van der Waals surface area (Å²) in [5.74, 6) is -0.423. The summed E-state index contributed by atoms with van der Waals surface area (Å²) in [7, 11) is 3.92. The Kier molecular flexibility index (Phi) is 4.35. The van der Waals surface area contributed by atoms with Gasteiger partial charge in [0.1, 0.15) is 11.4 Å². The predicted molar refractivity (Wildman–Crippen MR) is 105 cm³/mol. The van der Waals surface area contributed by atoms with Crippen LogP contribution in [0.25, 0.3) is 10.9 Å². The van der Waals surface area contributed by atoms with Gasteiger partial charge < -0.3 is 14.2 Å². The molecule has 3 aromatic rings. The molecule has 0 radical (unpaired) electrons. The normalized spacial score (nSPS) is 13.0. The molecule has 1 aliphatic carbocycles. The van der Waals surface area contributed by atoms with E-state index >= 15 is 0 Å². The molecule has 6 heteroatoms. The minimum absolute atomic E-state index is 0.158. The first-order valence-corrected chi connectivity index (χ1v) is 9.06. The van der Waals surface area contributed by atoms with Gasteiger partial charge >= 0.3 is 5.97 Å². The minimum atomic E-state index is -0.437. The standard InChI is InChI=1S/C22H20N2O4/c1-13(25)28-14-8-9-18-17(12-14)19-20(24(18)11-10-23(2)3)22(27)16-7-5-4-6-15(16)21(19)26/h4-9,12H,10-11H2,1-3H3. The zero-order chi connectivity index (χ0) is 20.0. The van der Waals surface area contributed by atoms with Crippen molar-refractivity contribution in [2.45, 2.75) is 13.5 Å². The highest BCUT2D eigenvalue weighted by molar-refractivity contribution is 6.32. The van der Waals surface area contributed by atoms with Crippen LogP contribution in [0.1, 0.15) is 38.9 Å². The Hall–Kier alpha value is -3.25. The summed E-state index contributed by atoms with van der Waals surface area (Å²) in [4.78, 5) is 39.9. The Morgan fingerprint density at radius 3 is 2.36 bits per heavy atom. The molecule has 0 amide bonds. The number of hydrogen-bond donors (Lipinski definition) is 0. The number of hydrogen-bond acceptors (Lipinski definition) is 5. The molecule has 28 heavy (non-hydrogen) atoms. The number of rotatable bonds is 4. The Balaban J connectivity index is 1.99. The van der Waals surface area contributed by atoms with Crippen LogP contribution in [0.4, 0.5) is 0 Å². The number of likely N-dealkylation sites (N-methyl/N-ethyl adjacent to an activating group) is 1. The summed E-state index contributed by atoms with van der Waals surface area (Å²) in [6.07, 6.45) is 0. The molecule has 1 heterocycles. The quantitative estimate of drug-likeness (QED) is 0.405. The van der Waals surface area contributed by atoms with E-state index in [9.17, 15) is 14.4 Å². The van der Waals surface area contributed by atoms with Crippen molar-refractivity contribution in [3.05, 3.63) is 64.8 Å². The predicted octanol–water partition coefficient (Wildman–Crippen LogP) is 2.90. The van der Waals surface area contributed by atoms with Crippen molar-refractivity contribution in [1.82, 2.24) is 9.47 Å². The highest BCUT2D eigenvalue weighted by Gasteiger charge is 2.35. The summed E-state index contributed by atoms with van der Waals surface area (Å²) >= 11 is 0. The summed E-state index contributed by atoms with van der Waals surface area (Å²) in [6, 6.07) is 12.0. The fourth-order valence-corrected chi connectivity index (χ4v) is 3.70. The summed E-state index contributed by atoms with van der Waals surface area (Å²) < 4.78 is 7.10. The molecular formula is C22H20N2O4. The van der Waals surface area contributed by atoms with Crippen LogP contribution in [-0.4, -0.2) is 47.6 Å². The van der Waals surface area contributed by atoms with Gasteiger partial charge in [0, 0.05) is 42.0 Å². The Morgan fingerprint density at radius 2 is 1.71 bits per heavy atom. The van der Waals surface area contributed by atoms with Crippen molar-refractivity contribution < 1.29 is 19.1 Å².